The van der Waals surface area contributed by atoms with Crippen LogP contribution in [0, 0.1) is 5.92 Å². The van der Waals surface area contributed by atoms with E-state index >= 15 is 0 Å². The lowest BCUT2D eigenvalue weighted by atomic mass is 9.91. The van der Waals surface area contributed by atoms with E-state index < -0.39 is 5.54 Å². The maximum atomic E-state index is 12.6. The minimum absolute atomic E-state index is 0.0160. The Hall–Kier alpha value is -2.14. The van der Waals surface area contributed by atoms with Gasteiger partial charge in [-0.05, 0) is 43.4 Å². The standard InChI is InChI=1S/C22H33N3O2/c1-16(2)15-23-21(27)22(3,4)25-13-11-17(12-14-25)18-9-7-8-10-19(18)20(26)24(5)6/h7-11,16H,12-15H2,1-6H3,(H,23,27). The van der Waals surface area contributed by atoms with E-state index in [1.165, 1.54) is 5.57 Å². The molecule has 1 aliphatic heterocycles. The normalized spacial score (nSPS) is 15.4. The molecule has 0 fully saturated rings. The third-order valence-corrected chi connectivity index (χ3v) is 5.14. The van der Waals surface area contributed by atoms with Gasteiger partial charge >= 0.3 is 0 Å². The van der Waals surface area contributed by atoms with Gasteiger partial charge in [-0.3, -0.25) is 14.5 Å². The van der Waals surface area contributed by atoms with Crippen LogP contribution in [-0.2, 0) is 4.79 Å². The van der Waals surface area contributed by atoms with Gasteiger partial charge in [-0.15, -0.1) is 0 Å². The molecule has 0 aliphatic carbocycles. The van der Waals surface area contributed by atoms with Crippen molar-refractivity contribution in [2.75, 3.05) is 33.7 Å². The molecule has 1 N–H and O–H groups in total. The molecule has 0 radical (unpaired) electrons. The molecule has 0 aromatic heterocycles. The topological polar surface area (TPSA) is 52.7 Å². The zero-order valence-corrected chi connectivity index (χ0v) is 17.5. The van der Waals surface area contributed by atoms with Crippen LogP contribution in [0.25, 0.3) is 5.57 Å². The van der Waals surface area contributed by atoms with E-state index in [2.05, 4.69) is 30.1 Å². The Morgan fingerprint density at radius 3 is 2.44 bits per heavy atom. The van der Waals surface area contributed by atoms with Gasteiger partial charge in [0, 0.05) is 39.3 Å². The molecule has 27 heavy (non-hydrogen) atoms. The van der Waals surface area contributed by atoms with E-state index in [0.29, 0.717) is 19.0 Å². The molecule has 1 aromatic rings. The Kier molecular flexibility index (Phi) is 6.82. The van der Waals surface area contributed by atoms with Crippen molar-refractivity contribution in [3.05, 3.63) is 41.5 Å². The zero-order chi connectivity index (χ0) is 20.2. The van der Waals surface area contributed by atoms with Gasteiger partial charge < -0.3 is 10.2 Å². The molecule has 0 bridgehead atoms. The molecule has 1 aromatic carbocycles. The Morgan fingerprint density at radius 1 is 1.22 bits per heavy atom. The monoisotopic (exact) mass is 371 g/mol. The van der Waals surface area contributed by atoms with Crippen LogP contribution in [0.5, 0.6) is 0 Å². The number of nitrogens with zero attached hydrogens (tertiary/aromatic N) is 2. The van der Waals surface area contributed by atoms with Gasteiger partial charge in [0.05, 0.1) is 5.54 Å². The Balaban J connectivity index is 2.16. The summed E-state index contributed by atoms with van der Waals surface area (Å²) in [7, 11) is 3.54. The van der Waals surface area contributed by atoms with Crippen molar-refractivity contribution < 1.29 is 9.59 Å². The summed E-state index contributed by atoms with van der Waals surface area (Å²) in [5.74, 6) is 0.516. The fraction of sp³-hybridized carbons (Fsp3) is 0.545. The number of hydrogen-bond donors (Lipinski definition) is 1. The molecule has 0 spiro atoms. The molecule has 2 rings (SSSR count). The highest BCUT2D eigenvalue weighted by Gasteiger charge is 2.35. The summed E-state index contributed by atoms with van der Waals surface area (Å²) < 4.78 is 0. The first-order valence-electron chi connectivity index (χ1n) is 9.68. The summed E-state index contributed by atoms with van der Waals surface area (Å²) in [4.78, 5) is 28.9. The molecule has 0 unspecified atom stereocenters. The second kappa shape index (κ2) is 8.70. The maximum absolute atomic E-state index is 12.6. The van der Waals surface area contributed by atoms with Gasteiger partial charge in [0.1, 0.15) is 0 Å². The average Bonchev–Trinajstić information content (AvgIpc) is 2.65. The fourth-order valence-corrected chi connectivity index (χ4v) is 3.27. The van der Waals surface area contributed by atoms with Crippen LogP contribution in [0.4, 0.5) is 0 Å². The van der Waals surface area contributed by atoms with Crippen molar-refractivity contribution in [2.24, 2.45) is 5.92 Å². The van der Waals surface area contributed by atoms with Crippen molar-refractivity contribution in [2.45, 2.75) is 39.7 Å². The molecule has 1 heterocycles. The molecule has 1 aliphatic rings. The summed E-state index contributed by atoms with van der Waals surface area (Å²) in [6.45, 7) is 10.3. The van der Waals surface area contributed by atoms with E-state index in [0.717, 1.165) is 24.1 Å². The zero-order valence-electron chi connectivity index (χ0n) is 17.5. The SMILES string of the molecule is CC(C)CNC(=O)C(C)(C)N1CC=C(c2ccccc2C(=O)N(C)C)CC1. The van der Waals surface area contributed by atoms with Gasteiger partial charge in [-0.1, -0.05) is 38.1 Å². The molecular weight excluding hydrogens is 338 g/mol. The smallest absolute Gasteiger partial charge is 0.253 e. The van der Waals surface area contributed by atoms with Crippen molar-refractivity contribution in [1.82, 2.24) is 15.1 Å². The highest BCUT2D eigenvalue weighted by atomic mass is 16.2. The summed E-state index contributed by atoms with van der Waals surface area (Å²) >= 11 is 0. The van der Waals surface area contributed by atoms with Crippen LogP contribution in [0.1, 0.15) is 50.0 Å². The van der Waals surface area contributed by atoms with Crippen LogP contribution in [0.3, 0.4) is 0 Å². The molecule has 5 heteroatoms. The van der Waals surface area contributed by atoms with Gasteiger partial charge in [0.15, 0.2) is 0 Å². The number of carbonyl (C=O) groups is 2. The first-order valence-corrected chi connectivity index (χ1v) is 9.68. The third-order valence-electron chi connectivity index (χ3n) is 5.14. The van der Waals surface area contributed by atoms with E-state index in [4.69, 9.17) is 0 Å². The lowest BCUT2D eigenvalue weighted by Crippen LogP contribution is -2.56. The minimum Gasteiger partial charge on any atom is -0.354 e. The van der Waals surface area contributed by atoms with Crippen LogP contribution in [0.15, 0.2) is 30.3 Å². The van der Waals surface area contributed by atoms with Crippen LogP contribution >= 0.6 is 0 Å². The quantitative estimate of drug-likeness (QED) is 0.836. The number of rotatable bonds is 6. The van der Waals surface area contributed by atoms with Crippen molar-refractivity contribution in [3.63, 3.8) is 0 Å². The summed E-state index contributed by atoms with van der Waals surface area (Å²) in [5.41, 5.74) is 2.35. The predicted molar refractivity (Wildman–Crippen MR) is 111 cm³/mol. The number of benzene rings is 1. The van der Waals surface area contributed by atoms with E-state index in [-0.39, 0.29) is 11.8 Å². The first-order chi connectivity index (χ1) is 12.6. The van der Waals surface area contributed by atoms with Crippen LogP contribution in [-0.4, -0.2) is 60.9 Å². The van der Waals surface area contributed by atoms with Crippen LogP contribution in [0.2, 0.25) is 0 Å². The molecule has 0 saturated heterocycles. The van der Waals surface area contributed by atoms with Crippen LogP contribution < -0.4 is 5.32 Å². The molecule has 0 atom stereocenters. The number of amides is 2. The summed E-state index contributed by atoms with van der Waals surface area (Å²) in [6, 6.07) is 7.77. The van der Waals surface area contributed by atoms with Gasteiger partial charge in [-0.25, -0.2) is 0 Å². The van der Waals surface area contributed by atoms with Crippen molar-refractivity contribution >= 4 is 17.4 Å². The second-order valence-corrected chi connectivity index (χ2v) is 8.33. The maximum Gasteiger partial charge on any atom is 0.253 e. The van der Waals surface area contributed by atoms with E-state index in [1.807, 2.05) is 38.1 Å². The largest absolute Gasteiger partial charge is 0.354 e. The lowest BCUT2D eigenvalue weighted by Gasteiger charge is -2.39. The van der Waals surface area contributed by atoms with Gasteiger partial charge in [0.25, 0.3) is 5.91 Å². The predicted octanol–water partition coefficient (Wildman–Crippen LogP) is 3.03. The number of nitrogens with one attached hydrogen (secondary N) is 1. The molecule has 148 valence electrons. The molecule has 5 nitrogen and oxygen atoms in total. The summed E-state index contributed by atoms with van der Waals surface area (Å²) in [5, 5.41) is 3.05. The Morgan fingerprint density at radius 2 is 1.89 bits per heavy atom. The number of hydrogen-bond acceptors (Lipinski definition) is 3. The van der Waals surface area contributed by atoms with Gasteiger partial charge in [-0.2, -0.15) is 0 Å². The molecule has 2 amide bonds. The second-order valence-electron chi connectivity index (χ2n) is 8.33. The fourth-order valence-electron chi connectivity index (χ4n) is 3.27. The lowest BCUT2D eigenvalue weighted by molar-refractivity contribution is -0.131. The van der Waals surface area contributed by atoms with E-state index in [1.54, 1.807) is 19.0 Å². The highest BCUT2D eigenvalue weighted by Crippen LogP contribution is 2.29. The average molecular weight is 372 g/mol. The molecule has 0 saturated carbocycles. The molecular formula is C22H33N3O2. The Bertz CT molecular complexity index is 720. The Labute approximate surface area is 163 Å². The number of carbonyl (C=O) groups excluding carboxylic acids is 2. The van der Waals surface area contributed by atoms with E-state index in [9.17, 15) is 9.59 Å². The van der Waals surface area contributed by atoms with Crippen molar-refractivity contribution in [3.8, 4) is 0 Å². The summed E-state index contributed by atoms with van der Waals surface area (Å²) in [6.07, 6.45) is 2.97. The van der Waals surface area contributed by atoms with Crippen molar-refractivity contribution in [1.29, 1.82) is 0 Å². The third kappa shape index (κ3) is 4.98. The minimum atomic E-state index is -0.560. The van der Waals surface area contributed by atoms with Gasteiger partial charge in [0.2, 0.25) is 5.91 Å². The first kappa shape index (κ1) is 21.2. The highest BCUT2D eigenvalue weighted by molar-refractivity contribution is 5.99.